The molecule has 16 rings (SSSR count). The van der Waals surface area contributed by atoms with Crippen LogP contribution in [0.1, 0.15) is 121 Å². The maximum atomic E-state index is 2.52. The van der Waals surface area contributed by atoms with Crippen LogP contribution in [0.4, 0.5) is 0 Å². The second-order valence-electron chi connectivity index (χ2n) is 28.1. The Bertz CT molecular complexity index is 4980. The minimum atomic E-state index is -0.195. The number of fused-ring (bicyclic) bond motifs is 6. The molecular weight excluding hydrogens is 997 g/mol. The molecule has 3 aliphatic carbocycles. The summed E-state index contributed by atoms with van der Waals surface area (Å²) >= 11 is 0. The van der Waals surface area contributed by atoms with Crippen molar-refractivity contribution < 1.29 is 0 Å². The topological polar surface area (TPSA) is 0 Å². The molecule has 0 aromatic heterocycles. The maximum absolute atomic E-state index is 2.52. The monoisotopic (exact) mass is 1070 g/mol. The van der Waals surface area contributed by atoms with Crippen molar-refractivity contribution in [1.29, 1.82) is 0 Å². The van der Waals surface area contributed by atoms with Gasteiger partial charge in [-0.3, -0.25) is 0 Å². The highest BCUT2D eigenvalue weighted by Gasteiger charge is 2.39. The average molecular weight is 1070 g/mol. The van der Waals surface area contributed by atoms with Crippen LogP contribution in [-0.4, -0.2) is 0 Å². The van der Waals surface area contributed by atoms with Gasteiger partial charge in [0.1, 0.15) is 0 Å². The molecule has 0 fully saturated rings. The van der Waals surface area contributed by atoms with Crippen LogP contribution in [0.15, 0.2) is 206 Å². The number of hydrogen-bond acceptors (Lipinski definition) is 0. The molecule has 402 valence electrons. The van der Waals surface area contributed by atoms with Crippen LogP contribution in [0.2, 0.25) is 0 Å². The lowest BCUT2D eigenvalue weighted by Gasteiger charge is -2.28. The van der Waals surface area contributed by atoms with Crippen molar-refractivity contribution in [3.63, 3.8) is 0 Å². The standard InChI is InChI=1S/C83H70/c1-47-38-53-22-23-55-40-59(81(5,6)7)42-57-30-37-70(79(53)77(55)57)75(47)68-19-15-13-17-61(68)52-28-35-67-65-33-26-50(44-72(65)83(10,11)74(67)46-52)49-25-32-64-66-34-27-51(45-73(66)82(8,9)71(64)43-49)60-16-12-14-18-62(60)63-31-24-48-20-21-54-39-58(80(2,3)4)41-56-29-36-69(63)78(48)76(54)56/h12-37,39-47H,38H2,1-11H3. The lowest BCUT2D eigenvalue weighted by atomic mass is 9.76. The maximum Gasteiger partial charge on any atom is 0.0159 e. The van der Waals surface area contributed by atoms with Gasteiger partial charge in [0.05, 0.1) is 0 Å². The third-order valence-electron chi connectivity index (χ3n) is 20.3. The summed E-state index contributed by atoms with van der Waals surface area (Å²) in [5.41, 5.74) is 28.0. The molecule has 1 unspecified atom stereocenters. The predicted molar refractivity (Wildman–Crippen MR) is 356 cm³/mol. The summed E-state index contributed by atoms with van der Waals surface area (Å²) < 4.78 is 0. The Labute approximate surface area is 489 Å². The second kappa shape index (κ2) is 17.2. The summed E-state index contributed by atoms with van der Waals surface area (Å²) in [6, 6.07) is 80.8. The first-order valence-corrected chi connectivity index (χ1v) is 30.3. The van der Waals surface area contributed by atoms with Gasteiger partial charge in [-0.15, -0.1) is 0 Å². The van der Waals surface area contributed by atoms with Gasteiger partial charge >= 0.3 is 0 Å². The summed E-state index contributed by atoms with van der Waals surface area (Å²) in [5, 5.41) is 14.9. The zero-order valence-corrected chi connectivity index (χ0v) is 49.9. The first kappa shape index (κ1) is 50.2. The van der Waals surface area contributed by atoms with Gasteiger partial charge in [0.25, 0.3) is 0 Å². The zero-order chi connectivity index (χ0) is 56.8. The molecule has 0 amide bonds. The molecule has 0 N–H and O–H groups in total. The predicted octanol–water partition coefficient (Wildman–Crippen LogP) is 21.9. The van der Waals surface area contributed by atoms with Crippen LogP contribution in [-0.2, 0) is 28.1 Å². The molecule has 0 heterocycles. The van der Waals surface area contributed by atoms with E-state index in [1.54, 1.807) is 0 Å². The average Bonchev–Trinajstić information content (AvgIpc) is 2.79. The highest BCUT2D eigenvalue weighted by Crippen LogP contribution is 2.55. The Balaban J connectivity index is 0.728. The van der Waals surface area contributed by atoms with E-state index in [0.29, 0.717) is 5.92 Å². The van der Waals surface area contributed by atoms with E-state index in [4.69, 9.17) is 0 Å². The van der Waals surface area contributed by atoms with E-state index in [1.165, 1.54) is 176 Å². The van der Waals surface area contributed by atoms with E-state index in [2.05, 4.69) is 282 Å². The number of hydrogen-bond donors (Lipinski definition) is 0. The highest BCUT2D eigenvalue weighted by molar-refractivity contribution is 6.26. The van der Waals surface area contributed by atoms with Crippen molar-refractivity contribution in [1.82, 2.24) is 0 Å². The molecule has 3 aliphatic rings. The van der Waals surface area contributed by atoms with Gasteiger partial charge in [0.2, 0.25) is 0 Å². The molecule has 13 aromatic rings. The number of benzene rings is 13. The summed E-state index contributed by atoms with van der Waals surface area (Å²) in [6.45, 7) is 26.1. The van der Waals surface area contributed by atoms with E-state index in [0.717, 1.165) is 6.42 Å². The van der Waals surface area contributed by atoms with Gasteiger partial charge in [0, 0.05) is 10.8 Å². The third kappa shape index (κ3) is 7.31. The van der Waals surface area contributed by atoms with Crippen LogP contribution in [0.25, 0.3) is 126 Å². The van der Waals surface area contributed by atoms with Crippen molar-refractivity contribution in [3.05, 3.63) is 256 Å². The third-order valence-corrected chi connectivity index (χ3v) is 20.3. The SMILES string of the molecule is CC1Cc2ccc3cc(C(C)(C)C)cc4ccc(c2c34)=C1c1ccccc1-c1ccc2c(c1)C(C)(C)c1cc(-c3ccc4c(c3)C(C)(C)c3cc(-c5ccccc5-c5ccc6ccc7cc(C(C)(C)C)cc8ccc5c6c78)ccc3-4)ccc1-2. The molecular formula is C83H70. The Morgan fingerprint density at radius 2 is 0.711 bits per heavy atom. The minimum Gasteiger partial charge on any atom is -0.0616 e. The summed E-state index contributed by atoms with van der Waals surface area (Å²) in [6.07, 6.45) is 1.04. The van der Waals surface area contributed by atoms with Crippen molar-refractivity contribution in [3.8, 4) is 66.8 Å². The molecule has 0 saturated carbocycles. The molecule has 0 aliphatic heterocycles. The Kier molecular flexibility index (Phi) is 10.4. The molecule has 0 heteroatoms. The number of rotatable bonds is 5. The van der Waals surface area contributed by atoms with Crippen molar-refractivity contribution in [2.45, 2.75) is 104 Å². The van der Waals surface area contributed by atoms with Gasteiger partial charge in [-0.25, -0.2) is 0 Å². The van der Waals surface area contributed by atoms with E-state index < -0.39 is 0 Å². The van der Waals surface area contributed by atoms with E-state index in [1.807, 2.05) is 0 Å². The van der Waals surface area contributed by atoms with Crippen molar-refractivity contribution in [2.24, 2.45) is 5.92 Å². The van der Waals surface area contributed by atoms with Gasteiger partial charge in [-0.2, -0.15) is 0 Å². The van der Waals surface area contributed by atoms with Gasteiger partial charge in [0.15, 0.2) is 0 Å². The normalized spacial score (nSPS) is 15.9. The Morgan fingerprint density at radius 1 is 0.325 bits per heavy atom. The summed E-state index contributed by atoms with van der Waals surface area (Å²) in [5.74, 6) is 0.379. The van der Waals surface area contributed by atoms with Crippen LogP contribution in [0.3, 0.4) is 0 Å². The molecule has 0 bridgehead atoms. The highest BCUT2D eigenvalue weighted by atomic mass is 14.4. The fourth-order valence-electron chi connectivity index (χ4n) is 15.8. The van der Waals surface area contributed by atoms with E-state index in [-0.39, 0.29) is 21.7 Å². The first-order chi connectivity index (χ1) is 39.8. The lowest BCUT2D eigenvalue weighted by molar-refractivity contribution is 0.591. The summed E-state index contributed by atoms with van der Waals surface area (Å²) in [4.78, 5) is 0. The molecule has 13 aromatic carbocycles. The van der Waals surface area contributed by atoms with Crippen molar-refractivity contribution >= 4 is 59.4 Å². The lowest BCUT2D eigenvalue weighted by Crippen LogP contribution is -2.22. The zero-order valence-electron chi connectivity index (χ0n) is 49.9. The van der Waals surface area contributed by atoms with Gasteiger partial charge in [-0.05, 0) is 223 Å². The molecule has 0 radical (unpaired) electrons. The van der Waals surface area contributed by atoms with Crippen LogP contribution < -0.4 is 5.22 Å². The molecule has 0 spiro atoms. The molecule has 0 saturated heterocycles. The smallest absolute Gasteiger partial charge is 0.0159 e. The largest absolute Gasteiger partial charge is 0.0616 e. The Morgan fingerprint density at radius 3 is 1.23 bits per heavy atom. The van der Waals surface area contributed by atoms with Gasteiger partial charge < -0.3 is 0 Å². The van der Waals surface area contributed by atoms with Crippen LogP contribution in [0.5, 0.6) is 0 Å². The van der Waals surface area contributed by atoms with Gasteiger partial charge in [-0.1, -0.05) is 258 Å². The molecule has 83 heavy (non-hydrogen) atoms. The molecule has 0 nitrogen and oxygen atoms in total. The quantitative estimate of drug-likeness (QED) is 0.151. The van der Waals surface area contributed by atoms with E-state index in [9.17, 15) is 0 Å². The van der Waals surface area contributed by atoms with E-state index >= 15 is 0 Å². The first-order valence-electron chi connectivity index (χ1n) is 30.3. The fraction of sp³-hybridized carbons (Fsp3) is 0.205. The second-order valence-corrected chi connectivity index (χ2v) is 28.1. The minimum absolute atomic E-state index is 0.0766. The molecule has 1 atom stereocenters. The summed E-state index contributed by atoms with van der Waals surface area (Å²) in [7, 11) is 0. The van der Waals surface area contributed by atoms with Crippen LogP contribution in [0, 0.1) is 5.92 Å². The fourth-order valence-corrected chi connectivity index (χ4v) is 15.8. The Hall–Kier alpha value is -8.58. The van der Waals surface area contributed by atoms with Crippen LogP contribution >= 0.6 is 0 Å². The van der Waals surface area contributed by atoms with Crippen molar-refractivity contribution in [2.75, 3.05) is 0 Å².